The van der Waals surface area contributed by atoms with Crippen LogP contribution in [0.3, 0.4) is 0 Å². The summed E-state index contributed by atoms with van der Waals surface area (Å²) in [7, 11) is 0. The maximum absolute atomic E-state index is 8.72. The molecule has 0 fully saturated rings. The van der Waals surface area contributed by atoms with Crippen molar-refractivity contribution in [3.63, 3.8) is 0 Å². The Kier molecular flexibility index (Phi) is 34.0. The summed E-state index contributed by atoms with van der Waals surface area (Å²) in [6, 6.07) is 0. The Balaban J connectivity index is 0. The van der Waals surface area contributed by atoms with Crippen molar-refractivity contribution in [1.29, 1.82) is 0 Å². The number of rotatable bonds is 22. The molecule has 0 aliphatic carbocycles. The van der Waals surface area contributed by atoms with Crippen LogP contribution in [0, 0.1) is 0 Å². The third kappa shape index (κ3) is 33.5. The van der Waals surface area contributed by atoms with Crippen molar-refractivity contribution in [1.82, 2.24) is 0 Å². The second kappa shape index (κ2) is 31.6. The highest BCUT2D eigenvalue weighted by Gasteiger charge is 1.95. The summed E-state index contributed by atoms with van der Waals surface area (Å²) in [4.78, 5) is 0. The van der Waals surface area contributed by atoms with Crippen LogP contribution in [0.25, 0.3) is 0 Å². The number of aliphatic hydroxyl groups is 2. The van der Waals surface area contributed by atoms with Crippen LogP contribution in [0.1, 0.15) is 155 Å². The van der Waals surface area contributed by atoms with E-state index in [4.69, 9.17) is 10.2 Å². The number of aliphatic hydroxyl groups excluding tert-OH is 2. The van der Waals surface area contributed by atoms with Crippen molar-refractivity contribution in [2.75, 3.05) is 13.2 Å². The minimum absolute atomic E-state index is 0.250. The first-order chi connectivity index (χ1) is 13.8. The van der Waals surface area contributed by atoms with E-state index in [0.29, 0.717) is 6.61 Å². The first-order valence-corrected chi connectivity index (χ1v) is 13.0. The van der Waals surface area contributed by atoms with Gasteiger partial charge in [0.05, 0.1) is 0 Å². The molecule has 2 heteroatoms. The van der Waals surface area contributed by atoms with Crippen molar-refractivity contribution in [3.8, 4) is 0 Å². The van der Waals surface area contributed by atoms with E-state index in [1.165, 1.54) is 135 Å². The predicted octanol–water partition coefficient (Wildman–Crippen LogP) is 8.58. The average Bonchev–Trinajstić information content (AvgIpc) is 2.70. The molecule has 28 heavy (non-hydrogen) atoms. The average molecular weight is 401 g/mol. The topological polar surface area (TPSA) is 40.5 Å². The molecule has 2 N–H and O–H groups in total. The Labute approximate surface area is 178 Å². The van der Waals surface area contributed by atoms with Gasteiger partial charge < -0.3 is 10.2 Å². The van der Waals surface area contributed by atoms with E-state index in [9.17, 15) is 0 Å². The van der Waals surface area contributed by atoms with Crippen molar-refractivity contribution in [2.45, 2.75) is 155 Å². The maximum atomic E-state index is 8.72. The van der Waals surface area contributed by atoms with Crippen molar-refractivity contribution in [3.05, 3.63) is 0 Å². The Morgan fingerprint density at radius 3 is 0.679 bits per heavy atom. The van der Waals surface area contributed by atoms with Crippen molar-refractivity contribution >= 4 is 0 Å². The highest BCUT2D eigenvalue weighted by atomic mass is 16.3. The normalized spacial score (nSPS) is 10.7. The van der Waals surface area contributed by atoms with Gasteiger partial charge in [-0.15, -0.1) is 0 Å². The van der Waals surface area contributed by atoms with Crippen LogP contribution in [0.4, 0.5) is 0 Å². The summed E-state index contributed by atoms with van der Waals surface area (Å²) >= 11 is 0. The van der Waals surface area contributed by atoms with Gasteiger partial charge in [-0.3, -0.25) is 0 Å². The summed E-state index contributed by atoms with van der Waals surface area (Å²) < 4.78 is 0. The van der Waals surface area contributed by atoms with Gasteiger partial charge in [0.15, 0.2) is 0 Å². The molecule has 0 unspecified atom stereocenters. The van der Waals surface area contributed by atoms with Crippen LogP contribution >= 0.6 is 0 Å². The van der Waals surface area contributed by atoms with E-state index in [1.54, 1.807) is 6.92 Å². The predicted molar refractivity (Wildman–Crippen MR) is 127 cm³/mol. The highest BCUT2D eigenvalue weighted by molar-refractivity contribution is 4.51. The zero-order valence-electron chi connectivity index (χ0n) is 19.9. The Morgan fingerprint density at radius 1 is 0.321 bits per heavy atom. The zero-order valence-corrected chi connectivity index (χ0v) is 19.9. The molecule has 0 bridgehead atoms. The van der Waals surface area contributed by atoms with Crippen LogP contribution in [0.5, 0.6) is 0 Å². The Morgan fingerprint density at radius 2 is 0.500 bits per heavy atom. The lowest BCUT2D eigenvalue weighted by atomic mass is 10.0. The highest BCUT2D eigenvalue weighted by Crippen LogP contribution is 2.15. The molecule has 0 spiro atoms. The van der Waals surface area contributed by atoms with Gasteiger partial charge in [-0.2, -0.15) is 0 Å². The molecule has 0 aliphatic heterocycles. The smallest absolute Gasteiger partial charge is 0.0431 e. The Hall–Kier alpha value is -0.0800. The Bertz CT molecular complexity index is 208. The molecule has 2 nitrogen and oxygen atoms in total. The quantitative estimate of drug-likeness (QED) is 0.179. The van der Waals surface area contributed by atoms with Gasteiger partial charge in [0.25, 0.3) is 0 Å². The minimum atomic E-state index is 0.250. The second-order valence-electron chi connectivity index (χ2n) is 8.46. The number of hydrogen-bond acceptors (Lipinski definition) is 2. The fourth-order valence-corrected chi connectivity index (χ4v) is 3.72. The van der Waals surface area contributed by atoms with Crippen LogP contribution < -0.4 is 0 Å². The summed E-state index contributed by atoms with van der Waals surface area (Å²) in [5.74, 6) is 0. The zero-order chi connectivity index (χ0) is 21.0. The van der Waals surface area contributed by atoms with Crippen molar-refractivity contribution in [2.24, 2.45) is 0 Å². The van der Waals surface area contributed by atoms with Gasteiger partial charge >= 0.3 is 0 Å². The van der Waals surface area contributed by atoms with Crippen LogP contribution in [0.2, 0.25) is 0 Å². The second-order valence-corrected chi connectivity index (χ2v) is 8.46. The standard InChI is InChI=1S/C24H50O.C2H6O/c1-2-3-4-5-6-7-8-9-10-11-12-13-14-15-16-17-18-19-20-21-22-23-24-25;1-2-3/h25H,2-24H2,1H3;3H,2H2,1H3. The third-order valence-corrected chi connectivity index (χ3v) is 5.51. The molecule has 0 saturated carbocycles. The lowest BCUT2D eigenvalue weighted by Crippen LogP contribution is -1.85. The molecule has 0 aromatic heterocycles. The molecule has 0 heterocycles. The van der Waals surface area contributed by atoms with Crippen molar-refractivity contribution < 1.29 is 10.2 Å². The van der Waals surface area contributed by atoms with Gasteiger partial charge in [-0.05, 0) is 13.3 Å². The largest absolute Gasteiger partial charge is 0.397 e. The monoisotopic (exact) mass is 400 g/mol. The fraction of sp³-hybridized carbons (Fsp3) is 1.00. The molecular weight excluding hydrogens is 344 g/mol. The van der Waals surface area contributed by atoms with E-state index < -0.39 is 0 Å². The van der Waals surface area contributed by atoms with Gasteiger partial charge in [-0.1, -0.05) is 142 Å². The summed E-state index contributed by atoms with van der Waals surface area (Å²) in [6.45, 7) is 4.60. The molecule has 0 amide bonds. The lowest BCUT2D eigenvalue weighted by molar-refractivity contribution is 0.282. The van der Waals surface area contributed by atoms with Gasteiger partial charge in [0.2, 0.25) is 0 Å². The van der Waals surface area contributed by atoms with E-state index in [0.717, 1.165) is 6.42 Å². The van der Waals surface area contributed by atoms with E-state index in [2.05, 4.69) is 6.92 Å². The molecule has 0 aromatic rings. The summed E-state index contributed by atoms with van der Waals surface area (Å²) in [6.07, 6.45) is 31.1. The molecule has 0 atom stereocenters. The van der Waals surface area contributed by atoms with Crippen LogP contribution in [-0.4, -0.2) is 23.4 Å². The molecule has 0 aromatic carbocycles. The molecular formula is C26H56O2. The summed E-state index contributed by atoms with van der Waals surface area (Å²) in [5.41, 5.74) is 0. The fourth-order valence-electron chi connectivity index (χ4n) is 3.72. The van der Waals surface area contributed by atoms with Gasteiger partial charge in [0.1, 0.15) is 0 Å². The first kappa shape index (κ1) is 30.1. The SMILES string of the molecule is CCCCCCCCCCCCCCCCCCCCCCCCO.CCO. The van der Waals surface area contributed by atoms with E-state index in [-0.39, 0.29) is 6.61 Å². The molecule has 0 saturated heterocycles. The maximum Gasteiger partial charge on any atom is 0.0431 e. The van der Waals surface area contributed by atoms with Gasteiger partial charge in [0, 0.05) is 13.2 Å². The first-order valence-electron chi connectivity index (χ1n) is 13.0. The molecule has 0 aliphatic rings. The number of hydrogen-bond donors (Lipinski definition) is 2. The summed E-state index contributed by atoms with van der Waals surface area (Å²) in [5, 5.41) is 16.3. The molecule has 0 radical (unpaired) electrons. The van der Waals surface area contributed by atoms with Crippen LogP contribution in [-0.2, 0) is 0 Å². The lowest BCUT2D eigenvalue weighted by Gasteiger charge is -2.04. The van der Waals surface area contributed by atoms with Gasteiger partial charge in [-0.25, -0.2) is 0 Å². The van der Waals surface area contributed by atoms with E-state index in [1.807, 2.05) is 0 Å². The minimum Gasteiger partial charge on any atom is -0.397 e. The van der Waals surface area contributed by atoms with Crippen LogP contribution in [0.15, 0.2) is 0 Å². The molecule has 0 rings (SSSR count). The third-order valence-electron chi connectivity index (χ3n) is 5.51. The molecule has 172 valence electrons. The number of unbranched alkanes of at least 4 members (excludes halogenated alkanes) is 21. The van der Waals surface area contributed by atoms with E-state index >= 15 is 0 Å².